The molecule has 0 unspecified atom stereocenters. The molecule has 0 radical (unpaired) electrons. The maximum atomic E-state index is 10.9. The summed E-state index contributed by atoms with van der Waals surface area (Å²) in [7, 11) is 0. The van der Waals surface area contributed by atoms with Crippen molar-refractivity contribution in [3.05, 3.63) is 48.6 Å². The third kappa shape index (κ3) is 3.90. The summed E-state index contributed by atoms with van der Waals surface area (Å²) in [5.74, 6) is 0.0662. The topological polar surface area (TPSA) is 26.3 Å². The standard InChI is InChI=1S/C12H14O2/c1-2-14-12(13)10-6-5-9-11-7-3-4-8-11/h3-11H,2H2,1H3/b9-5+,10-6+. The second-order valence-corrected chi connectivity index (χ2v) is 2.84. The summed E-state index contributed by atoms with van der Waals surface area (Å²) < 4.78 is 4.73. The molecule has 0 amide bonds. The van der Waals surface area contributed by atoms with Gasteiger partial charge in [0, 0.05) is 12.0 Å². The van der Waals surface area contributed by atoms with Crippen LogP contribution in [-0.4, -0.2) is 12.6 Å². The smallest absolute Gasteiger partial charge is 0.330 e. The van der Waals surface area contributed by atoms with Crippen molar-refractivity contribution in [3.63, 3.8) is 0 Å². The first-order chi connectivity index (χ1) is 6.83. The zero-order valence-electron chi connectivity index (χ0n) is 8.22. The molecule has 0 bridgehead atoms. The molecule has 1 aliphatic rings. The molecule has 14 heavy (non-hydrogen) atoms. The molecule has 0 fully saturated rings. The first kappa shape index (κ1) is 10.5. The van der Waals surface area contributed by atoms with Gasteiger partial charge >= 0.3 is 5.97 Å². The Kier molecular flexibility index (Phi) is 4.48. The third-order valence-electron chi connectivity index (χ3n) is 1.74. The van der Waals surface area contributed by atoms with E-state index in [1.165, 1.54) is 6.08 Å². The fourth-order valence-corrected chi connectivity index (χ4v) is 1.09. The molecule has 0 aromatic carbocycles. The summed E-state index contributed by atoms with van der Waals surface area (Å²) in [4.78, 5) is 10.9. The lowest BCUT2D eigenvalue weighted by Gasteiger charge is -1.93. The minimum Gasteiger partial charge on any atom is -0.463 e. The molecule has 0 N–H and O–H groups in total. The number of allylic oxidation sites excluding steroid dienone is 7. The van der Waals surface area contributed by atoms with Gasteiger partial charge in [-0.05, 0) is 6.92 Å². The summed E-state index contributed by atoms with van der Waals surface area (Å²) in [5.41, 5.74) is 0. The molecule has 1 rings (SSSR count). The first-order valence-electron chi connectivity index (χ1n) is 4.69. The van der Waals surface area contributed by atoms with Crippen molar-refractivity contribution in [2.24, 2.45) is 5.92 Å². The SMILES string of the molecule is CCOC(=O)/C=C/C=C/C1C=CC=C1. The van der Waals surface area contributed by atoms with E-state index < -0.39 is 0 Å². The Morgan fingerprint density at radius 3 is 2.71 bits per heavy atom. The summed E-state index contributed by atoms with van der Waals surface area (Å²) >= 11 is 0. The van der Waals surface area contributed by atoms with Gasteiger partial charge in [0.05, 0.1) is 6.61 Å². The maximum Gasteiger partial charge on any atom is 0.330 e. The molecule has 0 heterocycles. The van der Waals surface area contributed by atoms with E-state index >= 15 is 0 Å². The number of hydrogen-bond donors (Lipinski definition) is 0. The predicted octanol–water partition coefficient (Wildman–Crippen LogP) is 2.40. The van der Waals surface area contributed by atoms with Crippen molar-refractivity contribution in [1.29, 1.82) is 0 Å². The van der Waals surface area contributed by atoms with E-state index in [2.05, 4.69) is 12.2 Å². The van der Waals surface area contributed by atoms with Crippen LogP contribution in [0.4, 0.5) is 0 Å². The zero-order valence-corrected chi connectivity index (χ0v) is 8.22. The molecule has 74 valence electrons. The molecule has 0 aliphatic heterocycles. The van der Waals surface area contributed by atoms with Gasteiger partial charge in [0.15, 0.2) is 0 Å². The number of carbonyl (C=O) groups is 1. The van der Waals surface area contributed by atoms with E-state index in [0.29, 0.717) is 12.5 Å². The van der Waals surface area contributed by atoms with E-state index in [9.17, 15) is 4.79 Å². The quantitative estimate of drug-likeness (QED) is 0.386. The lowest BCUT2D eigenvalue weighted by atomic mass is 10.1. The molecule has 0 aromatic rings. The zero-order chi connectivity index (χ0) is 10.2. The van der Waals surface area contributed by atoms with Gasteiger partial charge in [-0.25, -0.2) is 4.79 Å². The van der Waals surface area contributed by atoms with Gasteiger partial charge < -0.3 is 4.74 Å². The van der Waals surface area contributed by atoms with Crippen LogP contribution in [0.1, 0.15) is 6.92 Å². The second-order valence-electron chi connectivity index (χ2n) is 2.84. The van der Waals surface area contributed by atoms with Crippen LogP contribution in [0.2, 0.25) is 0 Å². The minimum absolute atomic E-state index is 0.297. The van der Waals surface area contributed by atoms with Gasteiger partial charge in [0.1, 0.15) is 0 Å². The monoisotopic (exact) mass is 190 g/mol. The summed E-state index contributed by atoms with van der Waals surface area (Å²) in [6.45, 7) is 2.21. The highest BCUT2D eigenvalue weighted by Crippen LogP contribution is 2.09. The molecule has 0 spiro atoms. The molecule has 1 aliphatic carbocycles. The Morgan fingerprint density at radius 2 is 2.07 bits per heavy atom. The predicted molar refractivity (Wildman–Crippen MR) is 56.7 cm³/mol. The number of carbonyl (C=O) groups excluding carboxylic acids is 1. The largest absolute Gasteiger partial charge is 0.463 e. The molecule has 0 atom stereocenters. The summed E-state index contributed by atoms with van der Waals surface area (Å²) in [6, 6.07) is 0. The highest BCUT2D eigenvalue weighted by Gasteiger charge is 1.95. The lowest BCUT2D eigenvalue weighted by molar-refractivity contribution is -0.137. The van der Waals surface area contributed by atoms with Gasteiger partial charge in [-0.1, -0.05) is 42.5 Å². The molecular weight excluding hydrogens is 176 g/mol. The van der Waals surface area contributed by atoms with Gasteiger partial charge in [-0.15, -0.1) is 0 Å². The number of ether oxygens (including phenoxy) is 1. The van der Waals surface area contributed by atoms with Crippen molar-refractivity contribution in [2.45, 2.75) is 6.92 Å². The Hall–Kier alpha value is -1.57. The van der Waals surface area contributed by atoms with E-state index in [0.717, 1.165) is 0 Å². The molecule has 2 nitrogen and oxygen atoms in total. The highest BCUT2D eigenvalue weighted by atomic mass is 16.5. The van der Waals surface area contributed by atoms with Gasteiger partial charge in [0.25, 0.3) is 0 Å². The molecule has 2 heteroatoms. The van der Waals surface area contributed by atoms with Crippen LogP contribution in [-0.2, 0) is 9.53 Å². The third-order valence-corrected chi connectivity index (χ3v) is 1.74. The van der Waals surface area contributed by atoms with Gasteiger partial charge in [0.2, 0.25) is 0 Å². The maximum absolute atomic E-state index is 10.9. The van der Waals surface area contributed by atoms with E-state index in [-0.39, 0.29) is 5.97 Å². The van der Waals surface area contributed by atoms with Crippen LogP contribution in [0.3, 0.4) is 0 Å². The summed E-state index contributed by atoms with van der Waals surface area (Å²) in [6.07, 6.45) is 15.1. The second kappa shape index (κ2) is 5.97. The van der Waals surface area contributed by atoms with E-state index in [1.54, 1.807) is 13.0 Å². The Balaban J connectivity index is 2.28. The molecule has 0 aromatic heterocycles. The Bertz CT molecular complexity index is 283. The average molecular weight is 190 g/mol. The van der Waals surface area contributed by atoms with Crippen LogP contribution in [0, 0.1) is 5.92 Å². The summed E-state index contributed by atoms with van der Waals surface area (Å²) in [5, 5.41) is 0. The van der Waals surface area contributed by atoms with Gasteiger partial charge in [-0.3, -0.25) is 0 Å². The fourth-order valence-electron chi connectivity index (χ4n) is 1.09. The molecular formula is C12H14O2. The molecule has 0 saturated carbocycles. The van der Waals surface area contributed by atoms with E-state index in [1.807, 2.05) is 24.3 Å². The van der Waals surface area contributed by atoms with E-state index in [4.69, 9.17) is 4.74 Å². The van der Waals surface area contributed by atoms with Crippen molar-refractivity contribution < 1.29 is 9.53 Å². The molecule has 0 saturated heterocycles. The normalized spacial score (nSPS) is 16.1. The lowest BCUT2D eigenvalue weighted by Crippen LogP contribution is -1.98. The van der Waals surface area contributed by atoms with Crippen molar-refractivity contribution >= 4 is 5.97 Å². The van der Waals surface area contributed by atoms with Gasteiger partial charge in [-0.2, -0.15) is 0 Å². The van der Waals surface area contributed by atoms with Crippen LogP contribution in [0.25, 0.3) is 0 Å². The number of esters is 1. The van der Waals surface area contributed by atoms with Crippen molar-refractivity contribution in [1.82, 2.24) is 0 Å². The average Bonchev–Trinajstić information content (AvgIpc) is 2.65. The highest BCUT2D eigenvalue weighted by molar-refractivity contribution is 5.82. The Labute approximate surface area is 84.3 Å². The van der Waals surface area contributed by atoms with Crippen LogP contribution in [0.15, 0.2) is 48.6 Å². The first-order valence-corrected chi connectivity index (χ1v) is 4.69. The van der Waals surface area contributed by atoms with Crippen molar-refractivity contribution in [2.75, 3.05) is 6.61 Å². The Morgan fingerprint density at radius 1 is 1.36 bits per heavy atom. The minimum atomic E-state index is -0.297. The van der Waals surface area contributed by atoms with Crippen LogP contribution >= 0.6 is 0 Å². The van der Waals surface area contributed by atoms with Crippen LogP contribution in [0.5, 0.6) is 0 Å². The number of rotatable bonds is 4. The van der Waals surface area contributed by atoms with Crippen LogP contribution < -0.4 is 0 Å². The fraction of sp³-hybridized carbons (Fsp3) is 0.250. The number of hydrogen-bond acceptors (Lipinski definition) is 2. The van der Waals surface area contributed by atoms with Crippen molar-refractivity contribution in [3.8, 4) is 0 Å².